The highest BCUT2D eigenvalue weighted by Gasteiger charge is 2.16. The summed E-state index contributed by atoms with van der Waals surface area (Å²) in [6.45, 7) is 7.08. The molecule has 1 atom stereocenters. The van der Waals surface area contributed by atoms with Gasteiger partial charge in [-0.25, -0.2) is 4.79 Å². The monoisotopic (exact) mass is 319 g/mol. The molecule has 0 aliphatic carbocycles. The van der Waals surface area contributed by atoms with Crippen LogP contribution in [0.1, 0.15) is 6.92 Å². The summed E-state index contributed by atoms with van der Waals surface area (Å²) >= 11 is 0. The summed E-state index contributed by atoms with van der Waals surface area (Å²) in [6.07, 6.45) is 0. The topological polar surface area (TPSA) is 85.5 Å². The maximum absolute atomic E-state index is 12.0. The number of rotatable bonds is 6. The van der Waals surface area contributed by atoms with E-state index in [-0.39, 0.29) is 11.9 Å². The van der Waals surface area contributed by atoms with E-state index in [0.29, 0.717) is 12.2 Å². The lowest BCUT2D eigenvalue weighted by Gasteiger charge is -2.27. The fraction of sp³-hybridized carbons (Fsp3) is 0.500. The number of piperazine rings is 1. The summed E-state index contributed by atoms with van der Waals surface area (Å²) in [5.74, 6) is -0.177. The molecule has 0 radical (unpaired) electrons. The van der Waals surface area contributed by atoms with Gasteiger partial charge in [-0.05, 0) is 19.1 Å². The smallest absolute Gasteiger partial charge is 0.319 e. The Morgan fingerprint density at radius 3 is 2.61 bits per heavy atom. The molecule has 0 aromatic heterocycles. The summed E-state index contributed by atoms with van der Waals surface area (Å²) in [6, 6.07) is 8.15. The Hall–Kier alpha value is -2.12. The van der Waals surface area contributed by atoms with E-state index in [1.54, 1.807) is 19.1 Å². The van der Waals surface area contributed by atoms with Gasteiger partial charge in [0, 0.05) is 45.0 Å². The van der Waals surface area contributed by atoms with Crippen LogP contribution >= 0.6 is 0 Å². The molecule has 1 saturated heterocycles. The molecule has 4 N–H and O–H groups in total. The Morgan fingerprint density at radius 2 is 1.91 bits per heavy atom. The number of hydrogen-bond acceptors (Lipinski definition) is 4. The standard InChI is InChI=1S/C16H25N5O2/c1-13(19-16(23)20-14-5-3-2-4-6-14)15(22)18-9-12-21-10-7-17-8-11-21/h2-6,13,17H,7-12H2,1H3,(H,18,22)(H2,19,20,23). The van der Waals surface area contributed by atoms with Crippen molar-refractivity contribution in [3.63, 3.8) is 0 Å². The molecule has 7 nitrogen and oxygen atoms in total. The Balaban J connectivity index is 1.64. The number of carbonyl (C=O) groups excluding carboxylic acids is 2. The minimum atomic E-state index is -0.582. The maximum atomic E-state index is 12.0. The third kappa shape index (κ3) is 6.25. The van der Waals surface area contributed by atoms with E-state index < -0.39 is 6.04 Å². The molecule has 1 heterocycles. The van der Waals surface area contributed by atoms with Gasteiger partial charge in [-0.2, -0.15) is 0 Å². The Bertz CT molecular complexity index is 502. The molecule has 7 heteroatoms. The first-order valence-electron chi connectivity index (χ1n) is 7.98. The number of nitrogens with zero attached hydrogens (tertiary/aromatic N) is 1. The lowest BCUT2D eigenvalue weighted by molar-refractivity contribution is -0.122. The van der Waals surface area contributed by atoms with Gasteiger partial charge in [0.1, 0.15) is 6.04 Å². The second kappa shape index (κ2) is 9.12. The molecule has 2 rings (SSSR count). The van der Waals surface area contributed by atoms with Crippen molar-refractivity contribution < 1.29 is 9.59 Å². The van der Waals surface area contributed by atoms with Gasteiger partial charge in [0.05, 0.1) is 0 Å². The van der Waals surface area contributed by atoms with E-state index in [2.05, 4.69) is 26.2 Å². The quantitative estimate of drug-likeness (QED) is 0.604. The fourth-order valence-corrected chi connectivity index (χ4v) is 2.38. The first-order chi connectivity index (χ1) is 11.1. The van der Waals surface area contributed by atoms with Crippen LogP contribution in [0.25, 0.3) is 0 Å². The lowest BCUT2D eigenvalue weighted by atomic mass is 10.3. The van der Waals surface area contributed by atoms with Crippen molar-refractivity contribution in [2.24, 2.45) is 0 Å². The second-order valence-corrected chi connectivity index (χ2v) is 5.57. The van der Waals surface area contributed by atoms with Gasteiger partial charge in [-0.1, -0.05) is 18.2 Å². The summed E-state index contributed by atoms with van der Waals surface area (Å²) < 4.78 is 0. The highest BCUT2D eigenvalue weighted by atomic mass is 16.2. The molecule has 1 aromatic rings. The summed E-state index contributed by atoms with van der Waals surface area (Å²) in [4.78, 5) is 26.1. The first kappa shape index (κ1) is 17.2. The van der Waals surface area contributed by atoms with Gasteiger partial charge in [0.15, 0.2) is 0 Å². The SMILES string of the molecule is CC(NC(=O)Nc1ccccc1)C(=O)NCCN1CCNCC1. The summed E-state index contributed by atoms with van der Waals surface area (Å²) in [5.41, 5.74) is 0.691. The van der Waals surface area contributed by atoms with Crippen molar-refractivity contribution in [3.8, 4) is 0 Å². The van der Waals surface area contributed by atoms with E-state index >= 15 is 0 Å². The molecule has 1 aliphatic heterocycles. The summed E-state index contributed by atoms with van der Waals surface area (Å²) in [7, 11) is 0. The van der Waals surface area contributed by atoms with Gasteiger partial charge in [-0.15, -0.1) is 0 Å². The van der Waals surface area contributed by atoms with Gasteiger partial charge >= 0.3 is 6.03 Å². The molecule has 0 spiro atoms. The van der Waals surface area contributed by atoms with Crippen LogP contribution in [0.3, 0.4) is 0 Å². The predicted molar refractivity (Wildman–Crippen MR) is 90.4 cm³/mol. The largest absolute Gasteiger partial charge is 0.353 e. The van der Waals surface area contributed by atoms with E-state index in [4.69, 9.17) is 0 Å². The molecular weight excluding hydrogens is 294 g/mol. The molecule has 0 bridgehead atoms. The van der Waals surface area contributed by atoms with Crippen molar-refractivity contribution in [2.75, 3.05) is 44.6 Å². The number of benzene rings is 1. The number of amides is 3. The van der Waals surface area contributed by atoms with Crippen molar-refractivity contribution in [2.45, 2.75) is 13.0 Å². The Kier molecular flexibility index (Phi) is 6.83. The van der Waals surface area contributed by atoms with E-state index in [0.717, 1.165) is 32.7 Å². The molecule has 126 valence electrons. The molecule has 1 aromatic carbocycles. The van der Waals surface area contributed by atoms with Crippen molar-refractivity contribution >= 4 is 17.6 Å². The number of nitrogens with one attached hydrogen (secondary N) is 4. The lowest BCUT2D eigenvalue weighted by Crippen LogP contribution is -2.49. The van der Waals surface area contributed by atoms with Crippen LogP contribution in [-0.2, 0) is 4.79 Å². The van der Waals surface area contributed by atoms with Gasteiger partial charge in [-0.3, -0.25) is 9.69 Å². The predicted octanol–water partition coefficient (Wildman–Crippen LogP) is 0.218. The molecular formula is C16H25N5O2. The number of para-hydroxylation sites is 1. The number of hydrogen-bond donors (Lipinski definition) is 4. The third-order valence-corrected chi connectivity index (χ3v) is 3.71. The number of carbonyl (C=O) groups is 2. The number of anilines is 1. The van der Waals surface area contributed by atoms with Crippen LogP contribution in [0.2, 0.25) is 0 Å². The van der Waals surface area contributed by atoms with E-state index in [1.807, 2.05) is 18.2 Å². The fourth-order valence-electron chi connectivity index (χ4n) is 2.38. The Labute approximate surface area is 136 Å². The molecule has 23 heavy (non-hydrogen) atoms. The molecule has 3 amide bonds. The maximum Gasteiger partial charge on any atom is 0.319 e. The number of urea groups is 1. The van der Waals surface area contributed by atoms with Crippen LogP contribution in [0.4, 0.5) is 10.5 Å². The molecule has 1 fully saturated rings. The normalized spacial score (nSPS) is 16.4. The van der Waals surface area contributed by atoms with Crippen LogP contribution in [0.15, 0.2) is 30.3 Å². The third-order valence-electron chi connectivity index (χ3n) is 3.71. The van der Waals surface area contributed by atoms with Crippen molar-refractivity contribution in [1.82, 2.24) is 20.9 Å². The Morgan fingerprint density at radius 1 is 1.22 bits per heavy atom. The van der Waals surface area contributed by atoms with Gasteiger partial charge in [0.2, 0.25) is 5.91 Å². The molecule has 0 saturated carbocycles. The zero-order valence-corrected chi connectivity index (χ0v) is 13.5. The van der Waals surface area contributed by atoms with Crippen molar-refractivity contribution in [1.29, 1.82) is 0 Å². The second-order valence-electron chi connectivity index (χ2n) is 5.57. The van der Waals surface area contributed by atoms with E-state index in [1.165, 1.54) is 0 Å². The molecule has 1 aliphatic rings. The van der Waals surface area contributed by atoms with Crippen LogP contribution < -0.4 is 21.3 Å². The van der Waals surface area contributed by atoms with Crippen LogP contribution in [0, 0.1) is 0 Å². The highest BCUT2D eigenvalue weighted by Crippen LogP contribution is 2.04. The molecule has 1 unspecified atom stereocenters. The zero-order valence-electron chi connectivity index (χ0n) is 13.5. The zero-order chi connectivity index (χ0) is 16.5. The average Bonchev–Trinajstić information content (AvgIpc) is 2.56. The first-order valence-corrected chi connectivity index (χ1v) is 7.98. The average molecular weight is 319 g/mol. The van der Waals surface area contributed by atoms with Gasteiger partial charge < -0.3 is 21.3 Å². The van der Waals surface area contributed by atoms with Crippen LogP contribution in [-0.4, -0.2) is 62.1 Å². The summed E-state index contributed by atoms with van der Waals surface area (Å²) in [5, 5.41) is 11.5. The highest BCUT2D eigenvalue weighted by molar-refractivity contribution is 5.93. The van der Waals surface area contributed by atoms with Crippen LogP contribution in [0.5, 0.6) is 0 Å². The minimum Gasteiger partial charge on any atom is -0.353 e. The minimum absolute atomic E-state index is 0.177. The van der Waals surface area contributed by atoms with Gasteiger partial charge in [0.25, 0.3) is 0 Å². The van der Waals surface area contributed by atoms with E-state index in [9.17, 15) is 9.59 Å². The van der Waals surface area contributed by atoms with Crippen molar-refractivity contribution in [3.05, 3.63) is 30.3 Å².